The summed E-state index contributed by atoms with van der Waals surface area (Å²) in [5.41, 5.74) is 1.11. The van der Waals surface area contributed by atoms with Gasteiger partial charge in [0, 0.05) is 43.8 Å². The second kappa shape index (κ2) is 11.3. The minimum Gasteiger partial charge on any atom is -0.450 e. The van der Waals surface area contributed by atoms with Crippen LogP contribution in [0.3, 0.4) is 0 Å². The molecule has 1 N–H and O–H groups in total. The Kier molecular flexibility index (Phi) is 7.87. The number of ether oxygens (including phenoxy) is 3. The molecule has 0 radical (unpaired) electrons. The van der Waals surface area contributed by atoms with E-state index in [4.69, 9.17) is 23.8 Å². The second-order valence-corrected chi connectivity index (χ2v) is 9.87. The van der Waals surface area contributed by atoms with Gasteiger partial charge in [-0.25, -0.2) is 4.79 Å². The number of nitrogens with zero attached hydrogens (tertiary/aromatic N) is 3. The number of hydrogen-bond donors (Lipinski definition) is 1. The van der Waals surface area contributed by atoms with Crippen LogP contribution in [-0.2, 0) is 39.0 Å². The van der Waals surface area contributed by atoms with E-state index in [0.717, 1.165) is 17.2 Å². The van der Waals surface area contributed by atoms with Crippen molar-refractivity contribution in [1.82, 2.24) is 15.0 Å². The van der Waals surface area contributed by atoms with Crippen molar-refractivity contribution in [3.8, 4) is 11.4 Å². The minimum atomic E-state index is -4.42. The van der Waals surface area contributed by atoms with E-state index in [1.54, 1.807) is 6.07 Å². The molecule has 39 heavy (non-hydrogen) atoms. The number of halogens is 3. The highest BCUT2D eigenvalue weighted by atomic mass is 19.4. The average molecular weight is 548 g/mol. The molecule has 0 atom stereocenters. The van der Waals surface area contributed by atoms with Crippen LogP contribution in [0.15, 0.2) is 53.1 Å². The monoisotopic (exact) mass is 547 g/mol. The number of hydrogen-bond acceptors (Lipinski definition) is 8. The molecule has 0 unspecified atom stereocenters. The molecule has 2 aliphatic heterocycles. The quantitative estimate of drug-likeness (QED) is 0.375. The first-order valence-corrected chi connectivity index (χ1v) is 12.6. The molecular weight excluding hydrogens is 519 g/mol. The third-order valence-corrected chi connectivity index (χ3v) is 7.13. The molecule has 1 aromatic heterocycles. The van der Waals surface area contributed by atoms with Crippen LogP contribution in [0.2, 0.25) is 0 Å². The van der Waals surface area contributed by atoms with Gasteiger partial charge in [-0.05, 0) is 30.0 Å². The largest absolute Gasteiger partial charge is 0.506 e. The summed E-state index contributed by atoms with van der Waals surface area (Å²) in [6, 6.07) is 13.0. The van der Waals surface area contributed by atoms with Gasteiger partial charge in [0.15, 0.2) is 0 Å². The number of benzene rings is 2. The van der Waals surface area contributed by atoms with Crippen molar-refractivity contribution in [2.24, 2.45) is 0 Å². The number of alkyl halides is 3. The van der Waals surface area contributed by atoms with E-state index in [-0.39, 0.29) is 25.2 Å². The van der Waals surface area contributed by atoms with Gasteiger partial charge in [0.2, 0.25) is 5.82 Å². The zero-order valence-electron chi connectivity index (χ0n) is 21.0. The molecule has 5 rings (SSSR count). The van der Waals surface area contributed by atoms with Crippen LogP contribution in [0, 0.1) is 0 Å². The molecule has 3 heterocycles. The summed E-state index contributed by atoms with van der Waals surface area (Å²) < 4.78 is 61.4. The molecule has 2 aliphatic rings. The molecule has 0 saturated carbocycles. The summed E-state index contributed by atoms with van der Waals surface area (Å²) in [4.78, 5) is 17.1. The molecule has 2 fully saturated rings. The van der Waals surface area contributed by atoms with Crippen molar-refractivity contribution >= 4 is 6.16 Å². The fourth-order valence-corrected chi connectivity index (χ4v) is 4.95. The van der Waals surface area contributed by atoms with Gasteiger partial charge in [-0.3, -0.25) is 4.90 Å². The molecule has 2 aromatic carbocycles. The first-order valence-electron chi connectivity index (χ1n) is 12.6. The molecule has 0 spiro atoms. The number of rotatable bonds is 9. The second-order valence-electron chi connectivity index (χ2n) is 9.87. The van der Waals surface area contributed by atoms with Gasteiger partial charge < -0.3 is 23.8 Å². The van der Waals surface area contributed by atoms with Crippen molar-refractivity contribution in [2.45, 2.75) is 43.7 Å². The SMILES string of the molecule is O=C(O)OC1CN(Cc2ccc(-c3noc(COCC4(c5cccc(C(F)(F)F)c5)CCOCC4)n3)cc2)C1. The summed E-state index contributed by atoms with van der Waals surface area (Å²) >= 11 is 0. The first kappa shape index (κ1) is 27.1. The summed E-state index contributed by atoms with van der Waals surface area (Å²) in [6.07, 6.45) is -4.88. The Morgan fingerprint density at radius 3 is 2.56 bits per heavy atom. The zero-order chi connectivity index (χ0) is 27.5. The molecule has 0 bridgehead atoms. The number of carboxylic acid groups (broad SMARTS) is 1. The fraction of sp³-hybridized carbons (Fsp3) is 0.444. The molecule has 3 aromatic rings. The van der Waals surface area contributed by atoms with Crippen LogP contribution < -0.4 is 0 Å². The average Bonchev–Trinajstić information content (AvgIpc) is 3.37. The Labute approximate surface area is 222 Å². The Hall–Kier alpha value is -3.48. The van der Waals surface area contributed by atoms with E-state index in [1.165, 1.54) is 12.1 Å². The van der Waals surface area contributed by atoms with Crippen molar-refractivity contribution in [3.63, 3.8) is 0 Å². The molecule has 0 amide bonds. The Morgan fingerprint density at radius 1 is 1.13 bits per heavy atom. The van der Waals surface area contributed by atoms with Gasteiger partial charge in [0.05, 0.1) is 12.2 Å². The third-order valence-electron chi connectivity index (χ3n) is 7.13. The normalized spacial score (nSPS) is 18.0. The summed E-state index contributed by atoms with van der Waals surface area (Å²) in [7, 11) is 0. The predicted octanol–water partition coefficient (Wildman–Crippen LogP) is 4.90. The Balaban J connectivity index is 1.17. The highest BCUT2D eigenvalue weighted by molar-refractivity contribution is 5.57. The lowest BCUT2D eigenvalue weighted by molar-refractivity contribution is -0.137. The molecule has 12 heteroatoms. The van der Waals surface area contributed by atoms with Crippen molar-refractivity contribution < 1.29 is 41.8 Å². The van der Waals surface area contributed by atoms with E-state index in [9.17, 15) is 18.0 Å². The predicted molar refractivity (Wildman–Crippen MR) is 131 cm³/mol. The fourth-order valence-electron chi connectivity index (χ4n) is 4.95. The van der Waals surface area contributed by atoms with E-state index in [0.29, 0.717) is 57.1 Å². The van der Waals surface area contributed by atoms with Crippen LogP contribution in [0.4, 0.5) is 18.0 Å². The standard InChI is InChI=1S/C27H28F3N3O6/c28-27(29,30)21-3-1-2-20(12-21)26(8-10-36-11-9-26)17-37-16-23-31-24(32-39-23)19-6-4-18(5-7-19)13-33-14-22(15-33)38-25(34)35/h1-7,12,22H,8-11,13-17H2,(H,34,35). The molecule has 0 aliphatic carbocycles. The smallest absolute Gasteiger partial charge is 0.450 e. The summed E-state index contributed by atoms with van der Waals surface area (Å²) in [6.45, 7) is 2.89. The Morgan fingerprint density at radius 2 is 1.87 bits per heavy atom. The van der Waals surface area contributed by atoms with Gasteiger partial charge in [-0.15, -0.1) is 0 Å². The maximum atomic E-state index is 13.3. The van der Waals surface area contributed by atoms with E-state index >= 15 is 0 Å². The van der Waals surface area contributed by atoms with Crippen LogP contribution in [0.5, 0.6) is 0 Å². The summed E-state index contributed by atoms with van der Waals surface area (Å²) in [5.74, 6) is 0.670. The third kappa shape index (κ3) is 6.57. The van der Waals surface area contributed by atoms with Gasteiger partial charge in [-0.2, -0.15) is 18.2 Å². The van der Waals surface area contributed by atoms with Crippen molar-refractivity contribution in [3.05, 3.63) is 71.1 Å². The van der Waals surface area contributed by atoms with Crippen LogP contribution in [-0.4, -0.2) is 65.3 Å². The molecule has 208 valence electrons. The van der Waals surface area contributed by atoms with Crippen LogP contribution in [0.1, 0.15) is 35.4 Å². The Bertz CT molecular complexity index is 1270. The van der Waals surface area contributed by atoms with Gasteiger partial charge >= 0.3 is 12.3 Å². The van der Waals surface area contributed by atoms with E-state index < -0.39 is 23.3 Å². The number of carbonyl (C=O) groups is 1. The van der Waals surface area contributed by atoms with Gasteiger partial charge in [0.1, 0.15) is 12.7 Å². The van der Waals surface area contributed by atoms with Crippen molar-refractivity contribution in [1.29, 1.82) is 0 Å². The lowest BCUT2D eigenvalue weighted by atomic mass is 9.74. The van der Waals surface area contributed by atoms with Crippen molar-refractivity contribution in [2.75, 3.05) is 32.9 Å². The van der Waals surface area contributed by atoms with Crippen LogP contribution in [0.25, 0.3) is 11.4 Å². The lowest BCUT2D eigenvalue weighted by Crippen LogP contribution is -2.52. The first-order chi connectivity index (χ1) is 18.7. The maximum absolute atomic E-state index is 13.3. The molecular formula is C27H28F3N3O6. The number of aromatic nitrogens is 2. The number of likely N-dealkylation sites (tertiary alicyclic amines) is 1. The van der Waals surface area contributed by atoms with Crippen LogP contribution >= 0.6 is 0 Å². The molecule has 9 nitrogen and oxygen atoms in total. The maximum Gasteiger partial charge on any atom is 0.506 e. The topological polar surface area (TPSA) is 107 Å². The van der Waals surface area contributed by atoms with E-state index in [1.807, 2.05) is 24.3 Å². The lowest BCUT2D eigenvalue weighted by Gasteiger charge is -2.37. The van der Waals surface area contributed by atoms with Gasteiger partial charge in [0.25, 0.3) is 5.89 Å². The highest BCUT2D eigenvalue weighted by Gasteiger charge is 2.38. The zero-order valence-corrected chi connectivity index (χ0v) is 21.0. The summed E-state index contributed by atoms with van der Waals surface area (Å²) in [5, 5.41) is 12.7. The minimum absolute atomic E-state index is 0.0290. The van der Waals surface area contributed by atoms with E-state index in [2.05, 4.69) is 15.0 Å². The highest BCUT2D eigenvalue weighted by Crippen LogP contribution is 2.38. The van der Waals surface area contributed by atoms with Gasteiger partial charge in [-0.1, -0.05) is 47.6 Å². The molecule has 2 saturated heterocycles.